The molecule has 0 unspecified atom stereocenters. The number of carbonyl (C=O) groups excluding carboxylic acids is 1. The molecule has 8 nitrogen and oxygen atoms in total. The first-order valence-electron chi connectivity index (χ1n) is 6.79. The molecule has 2 aromatic rings. The van der Waals surface area contributed by atoms with E-state index >= 15 is 0 Å². The SMILES string of the molecule is CN(Cc1ccc(OC(F)F)cc1)C(=O)Cn1cc([N+](=O)[O-])cn1. The summed E-state index contributed by atoms with van der Waals surface area (Å²) in [4.78, 5) is 23.5. The fourth-order valence-corrected chi connectivity index (χ4v) is 1.93. The highest BCUT2D eigenvalue weighted by Crippen LogP contribution is 2.16. The summed E-state index contributed by atoms with van der Waals surface area (Å²) >= 11 is 0. The number of nitro groups is 1. The Morgan fingerprint density at radius 3 is 2.62 bits per heavy atom. The van der Waals surface area contributed by atoms with E-state index in [4.69, 9.17) is 0 Å². The van der Waals surface area contributed by atoms with Gasteiger partial charge in [-0.25, -0.2) is 0 Å². The van der Waals surface area contributed by atoms with Crippen molar-refractivity contribution in [2.24, 2.45) is 0 Å². The van der Waals surface area contributed by atoms with Crippen molar-refractivity contribution >= 4 is 11.6 Å². The van der Waals surface area contributed by atoms with E-state index in [1.165, 1.54) is 27.9 Å². The molecule has 0 saturated heterocycles. The predicted molar refractivity (Wildman–Crippen MR) is 78.4 cm³/mol. The molecule has 0 saturated carbocycles. The lowest BCUT2D eigenvalue weighted by Crippen LogP contribution is -2.29. The highest BCUT2D eigenvalue weighted by molar-refractivity contribution is 5.75. The predicted octanol–water partition coefficient (Wildman–Crippen LogP) is 2.05. The molecule has 1 heterocycles. The monoisotopic (exact) mass is 340 g/mol. The van der Waals surface area contributed by atoms with E-state index in [2.05, 4.69) is 9.84 Å². The summed E-state index contributed by atoms with van der Waals surface area (Å²) in [5, 5.41) is 14.3. The van der Waals surface area contributed by atoms with Crippen molar-refractivity contribution in [3.63, 3.8) is 0 Å². The number of aromatic nitrogens is 2. The van der Waals surface area contributed by atoms with E-state index in [-0.39, 0.29) is 30.4 Å². The molecule has 24 heavy (non-hydrogen) atoms. The number of carbonyl (C=O) groups is 1. The quantitative estimate of drug-likeness (QED) is 0.568. The van der Waals surface area contributed by atoms with Crippen LogP contribution < -0.4 is 4.74 Å². The second kappa shape index (κ2) is 7.49. The van der Waals surface area contributed by atoms with E-state index in [1.54, 1.807) is 19.2 Å². The van der Waals surface area contributed by atoms with Crippen molar-refractivity contribution < 1.29 is 23.2 Å². The minimum Gasteiger partial charge on any atom is -0.435 e. The molecular weight excluding hydrogens is 326 g/mol. The van der Waals surface area contributed by atoms with Crippen LogP contribution in [0.3, 0.4) is 0 Å². The minimum absolute atomic E-state index is 0.0339. The van der Waals surface area contributed by atoms with Gasteiger partial charge in [-0.3, -0.25) is 19.6 Å². The Kier molecular flexibility index (Phi) is 5.40. The second-order valence-corrected chi connectivity index (χ2v) is 4.93. The third-order valence-electron chi connectivity index (χ3n) is 3.12. The zero-order valence-corrected chi connectivity index (χ0v) is 12.6. The van der Waals surface area contributed by atoms with Crippen LogP contribution in [0.4, 0.5) is 14.5 Å². The third kappa shape index (κ3) is 4.73. The molecule has 0 aliphatic heterocycles. The molecule has 0 atom stereocenters. The van der Waals surface area contributed by atoms with E-state index in [9.17, 15) is 23.7 Å². The molecule has 0 radical (unpaired) electrons. The fraction of sp³-hybridized carbons (Fsp3) is 0.286. The summed E-state index contributed by atoms with van der Waals surface area (Å²) in [5.41, 5.74) is 0.527. The number of benzene rings is 1. The largest absolute Gasteiger partial charge is 0.435 e. The maximum absolute atomic E-state index is 12.1. The summed E-state index contributed by atoms with van der Waals surface area (Å²) in [7, 11) is 1.56. The topological polar surface area (TPSA) is 90.5 Å². The molecule has 0 spiro atoms. The molecule has 0 fully saturated rings. The first-order valence-corrected chi connectivity index (χ1v) is 6.79. The summed E-state index contributed by atoms with van der Waals surface area (Å²) in [6.07, 6.45) is 2.23. The number of halogens is 2. The highest BCUT2D eigenvalue weighted by Gasteiger charge is 2.14. The number of nitrogens with zero attached hydrogens (tertiary/aromatic N) is 4. The Bertz CT molecular complexity index is 718. The number of hydrogen-bond acceptors (Lipinski definition) is 5. The van der Waals surface area contributed by atoms with Crippen molar-refractivity contribution in [1.29, 1.82) is 0 Å². The zero-order valence-electron chi connectivity index (χ0n) is 12.6. The van der Waals surface area contributed by atoms with Crippen molar-refractivity contribution in [3.8, 4) is 5.75 Å². The lowest BCUT2D eigenvalue weighted by molar-refractivity contribution is -0.385. The van der Waals surface area contributed by atoms with Crippen molar-refractivity contribution in [2.45, 2.75) is 19.7 Å². The van der Waals surface area contributed by atoms with Gasteiger partial charge in [0.15, 0.2) is 0 Å². The second-order valence-electron chi connectivity index (χ2n) is 4.93. The maximum Gasteiger partial charge on any atom is 0.387 e. The van der Waals surface area contributed by atoms with Gasteiger partial charge in [0.2, 0.25) is 5.91 Å². The van der Waals surface area contributed by atoms with Crippen molar-refractivity contribution in [3.05, 3.63) is 52.3 Å². The van der Waals surface area contributed by atoms with Gasteiger partial charge in [-0.05, 0) is 17.7 Å². The number of amides is 1. The van der Waals surface area contributed by atoms with E-state index in [0.29, 0.717) is 0 Å². The number of alkyl halides is 2. The summed E-state index contributed by atoms with van der Waals surface area (Å²) in [6.45, 7) is -2.79. The van der Waals surface area contributed by atoms with Gasteiger partial charge >= 0.3 is 12.3 Å². The van der Waals surface area contributed by atoms with Crippen LogP contribution in [0.1, 0.15) is 5.56 Å². The number of ether oxygens (including phenoxy) is 1. The van der Waals surface area contributed by atoms with Crippen LogP contribution in [0.5, 0.6) is 5.75 Å². The smallest absolute Gasteiger partial charge is 0.387 e. The van der Waals surface area contributed by atoms with Crippen molar-refractivity contribution in [2.75, 3.05) is 7.05 Å². The molecule has 128 valence electrons. The van der Waals surface area contributed by atoms with Crippen LogP contribution in [-0.2, 0) is 17.9 Å². The molecule has 10 heteroatoms. The summed E-state index contributed by atoms with van der Waals surface area (Å²) < 4.78 is 29.6. The van der Waals surface area contributed by atoms with Gasteiger partial charge in [0.25, 0.3) is 0 Å². The average Bonchev–Trinajstić information content (AvgIpc) is 2.97. The Hall–Kier alpha value is -3.04. The Morgan fingerprint density at radius 1 is 1.42 bits per heavy atom. The van der Waals surface area contributed by atoms with Gasteiger partial charge < -0.3 is 9.64 Å². The standard InChI is InChI=1S/C14H14F2N4O4/c1-18(7-10-2-4-12(5-3-10)24-14(15)16)13(21)9-19-8-11(6-17-19)20(22)23/h2-6,8,14H,7,9H2,1H3. The van der Waals surface area contributed by atoms with Crippen LogP contribution in [-0.4, -0.2) is 39.2 Å². The average molecular weight is 340 g/mol. The molecule has 1 aromatic carbocycles. The molecule has 0 N–H and O–H groups in total. The van der Waals surface area contributed by atoms with Gasteiger partial charge in [-0.15, -0.1) is 0 Å². The van der Waals surface area contributed by atoms with E-state index < -0.39 is 11.5 Å². The number of likely N-dealkylation sites (N-methyl/N-ethyl adjacent to an activating group) is 1. The number of rotatable bonds is 7. The van der Waals surface area contributed by atoms with Crippen LogP contribution in [0.15, 0.2) is 36.7 Å². The Balaban J connectivity index is 1.91. The van der Waals surface area contributed by atoms with Crippen LogP contribution in [0.25, 0.3) is 0 Å². The van der Waals surface area contributed by atoms with Gasteiger partial charge in [-0.1, -0.05) is 12.1 Å². The highest BCUT2D eigenvalue weighted by atomic mass is 19.3. The lowest BCUT2D eigenvalue weighted by Gasteiger charge is -2.17. The van der Waals surface area contributed by atoms with Crippen molar-refractivity contribution in [1.82, 2.24) is 14.7 Å². The third-order valence-corrected chi connectivity index (χ3v) is 3.12. The zero-order chi connectivity index (χ0) is 17.7. The molecule has 0 aliphatic carbocycles. The summed E-state index contributed by atoms with van der Waals surface area (Å²) in [6, 6.07) is 5.91. The van der Waals surface area contributed by atoms with Crippen LogP contribution in [0, 0.1) is 10.1 Å². The molecule has 1 amide bonds. The molecule has 0 aliphatic rings. The summed E-state index contributed by atoms with van der Waals surface area (Å²) in [5.74, 6) is -0.271. The van der Waals surface area contributed by atoms with Gasteiger partial charge in [0.1, 0.15) is 24.7 Å². The number of hydrogen-bond donors (Lipinski definition) is 0. The molecule has 2 rings (SSSR count). The normalized spacial score (nSPS) is 10.7. The molecule has 1 aromatic heterocycles. The fourth-order valence-electron chi connectivity index (χ4n) is 1.93. The first kappa shape index (κ1) is 17.3. The minimum atomic E-state index is -2.89. The van der Waals surface area contributed by atoms with E-state index in [1.807, 2.05) is 0 Å². The maximum atomic E-state index is 12.1. The Labute approximate surface area is 135 Å². The van der Waals surface area contributed by atoms with E-state index in [0.717, 1.165) is 11.8 Å². The molecule has 0 bridgehead atoms. The van der Waals surface area contributed by atoms with Gasteiger partial charge in [0.05, 0.1) is 4.92 Å². The molecular formula is C14H14F2N4O4. The Morgan fingerprint density at radius 2 is 2.08 bits per heavy atom. The van der Waals surface area contributed by atoms with Gasteiger partial charge in [-0.2, -0.15) is 13.9 Å². The van der Waals surface area contributed by atoms with Crippen LogP contribution in [0.2, 0.25) is 0 Å². The van der Waals surface area contributed by atoms with Gasteiger partial charge in [0, 0.05) is 13.6 Å². The first-order chi connectivity index (χ1) is 11.3. The van der Waals surface area contributed by atoms with Crippen LogP contribution >= 0.6 is 0 Å². The lowest BCUT2D eigenvalue weighted by atomic mass is 10.2.